The summed E-state index contributed by atoms with van der Waals surface area (Å²) in [5.74, 6) is -0.858. The van der Waals surface area contributed by atoms with Crippen molar-refractivity contribution in [3.63, 3.8) is 0 Å². The molecule has 18 heavy (non-hydrogen) atoms. The van der Waals surface area contributed by atoms with E-state index in [0.717, 1.165) is 12.8 Å². The van der Waals surface area contributed by atoms with Crippen LogP contribution in [0.5, 0.6) is 0 Å². The Kier molecular flexibility index (Phi) is 8.37. The van der Waals surface area contributed by atoms with Crippen molar-refractivity contribution in [2.24, 2.45) is 0 Å². The van der Waals surface area contributed by atoms with Gasteiger partial charge in [-0.3, -0.25) is 14.5 Å². The van der Waals surface area contributed by atoms with Gasteiger partial charge in [0.25, 0.3) is 0 Å². The summed E-state index contributed by atoms with van der Waals surface area (Å²) >= 11 is 0. The number of carboxylic acids is 1. The standard InChI is InChI=1S/C13H26N2O3/c1-5-11(6-2)14-12(16)9-15(10(3)4)8-7-13(17)18/h10-11H,5-9H2,1-4H3,(H,14,16)(H,17,18). The molecule has 0 aliphatic rings. The highest BCUT2D eigenvalue weighted by Crippen LogP contribution is 2.01. The van der Waals surface area contributed by atoms with Gasteiger partial charge in [0.05, 0.1) is 13.0 Å². The van der Waals surface area contributed by atoms with Crippen molar-refractivity contribution in [1.29, 1.82) is 0 Å². The monoisotopic (exact) mass is 258 g/mol. The molecular weight excluding hydrogens is 232 g/mol. The average Bonchev–Trinajstić information content (AvgIpc) is 2.30. The van der Waals surface area contributed by atoms with Crippen LogP contribution in [-0.2, 0) is 9.59 Å². The first-order valence-electron chi connectivity index (χ1n) is 6.65. The highest BCUT2D eigenvalue weighted by molar-refractivity contribution is 5.78. The molecule has 0 aromatic rings. The minimum absolute atomic E-state index is 0.0252. The Morgan fingerprint density at radius 3 is 2.17 bits per heavy atom. The van der Waals surface area contributed by atoms with Gasteiger partial charge >= 0.3 is 5.97 Å². The van der Waals surface area contributed by atoms with Gasteiger partial charge in [-0.25, -0.2) is 0 Å². The van der Waals surface area contributed by atoms with Crippen LogP contribution in [0.1, 0.15) is 47.0 Å². The largest absolute Gasteiger partial charge is 0.481 e. The van der Waals surface area contributed by atoms with Crippen LogP contribution in [0.25, 0.3) is 0 Å². The molecular formula is C13H26N2O3. The number of nitrogens with zero attached hydrogens (tertiary/aromatic N) is 1. The summed E-state index contributed by atoms with van der Waals surface area (Å²) in [5, 5.41) is 11.6. The number of rotatable bonds is 9. The summed E-state index contributed by atoms with van der Waals surface area (Å²) in [6.45, 7) is 8.68. The Labute approximate surface area is 110 Å². The zero-order valence-corrected chi connectivity index (χ0v) is 11.9. The molecule has 0 aromatic heterocycles. The van der Waals surface area contributed by atoms with Crippen LogP contribution in [0.4, 0.5) is 0 Å². The molecule has 0 atom stereocenters. The average molecular weight is 258 g/mol. The van der Waals surface area contributed by atoms with E-state index in [4.69, 9.17) is 5.11 Å². The number of carbonyl (C=O) groups excluding carboxylic acids is 1. The molecule has 1 amide bonds. The van der Waals surface area contributed by atoms with Gasteiger partial charge in [0.15, 0.2) is 0 Å². The number of carboxylic acid groups (broad SMARTS) is 1. The van der Waals surface area contributed by atoms with Crippen molar-refractivity contribution in [2.45, 2.75) is 59.0 Å². The molecule has 106 valence electrons. The van der Waals surface area contributed by atoms with Crippen LogP contribution in [0.3, 0.4) is 0 Å². The van der Waals surface area contributed by atoms with Crippen molar-refractivity contribution in [2.75, 3.05) is 13.1 Å². The zero-order valence-electron chi connectivity index (χ0n) is 11.9. The first-order chi connectivity index (χ1) is 8.40. The Hall–Kier alpha value is -1.10. The predicted octanol–water partition coefficient (Wildman–Crippen LogP) is 1.48. The highest BCUT2D eigenvalue weighted by Gasteiger charge is 2.16. The van der Waals surface area contributed by atoms with Gasteiger partial charge in [-0.15, -0.1) is 0 Å². The SMILES string of the molecule is CCC(CC)NC(=O)CN(CCC(=O)O)C(C)C. The number of amides is 1. The van der Waals surface area contributed by atoms with Crippen LogP contribution in [-0.4, -0.2) is 47.1 Å². The maximum absolute atomic E-state index is 11.8. The number of carbonyl (C=O) groups is 2. The topological polar surface area (TPSA) is 69.6 Å². The first-order valence-corrected chi connectivity index (χ1v) is 6.65. The lowest BCUT2D eigenvalue weighted by Crippen LogP contribution is -2.44. The molecule has 0 aromatic carbocycles. The number of nitrogens with one attached hydrogen (secondary N) is 1. The van der Waals surface area contributed by atoms with Gasteiger partial charge < -0.3 is 10.4 Å². The second-order valence-corrected chi connectivity index (χ2v) is 4.79. The second kappa shape index (κ2) is 8.91. The maximum atomic E-state index is 11.8. The fraction of sp³-hybridized carbons (Fsp3) is 0.846. The van der Waals surface area contributed by atoms with Gasteiger partial charge in [0, 0.05) is 18.6 Å². The molecule has 0 heterocycles. The van der Waals surface area contributed by atoms with Crippen molar-refractivity contribution in [3.05, 3.63) is 0 Å². The molecule has 0 saturated carbocycles. The smallest absolute Gasteiger partial charge is 0.304 e. The minimum atomic E-state index is -0.832. The third kappa shape index (κ3) is 7.27. The van der Waals surface area contributed by atoms with Crippen LogP contribution in [0.15, 0.2) is 0 Å². The number of aliphatic carboxylic acids is 1. The van der Waals surface area contributed by atoms with Gasteiger partial charge in [-0.05, 0) is 26.7 Å². The quantitative estimate of drug-likeness (QED) is 0.657. The molecule has 0 rings (SSSR count). The van der Waals surface area contributed by atoms with E-state index in [9.17, 15) is 9.59 Å². The van der Waals surface area contributed by atoms with E-state index in [-0.39, 0.29) is 31.0 Å². The van der Waals surface area contributed by atoms with Crippen LogP contribution in [0, 0.1) is 0 Å². The fourth-order valence-electron chi connectivity index (χ4n) is 1.71. The predicted molar refractivity (Wildman–Crippen MR) is 71.5 cm³/mol. The lowest BCUT2D eigenvalue weighted by Gasteiger charge is -2.26. The third-order valence-electron chi connectivity index (χ3n) is 3.04. The summed E-state index contributed by atoms with van der Waals surface area (Å²) in [6.07, 6.45) is 1.90. The van der Waals surface area contributed by atoms with E-state index >= 15 is 0 Å². The van der Waals surface area contributed by atoms with Crippen molar-refractivity contribution in [3.8, 4) is 0 Å². The molecule has 0 unspecified atom stereocenters. The van der Waals surface area contributed by atoms with Crippen LogP contribution >= 0.6 is 0 Å². The molecule has 0 bridgehead atoms. The van der Waals surface area contributed by atoms with Gasteiger partial charge in [0.1, 0.15) is 0 Å². The fourth-order valence-corrected chi connectivity index (χ4v) is 1.71. The Morgan fingerprint density at radius 1 is 1.22 bits per heavy atom. The molecule has 5 heteroatoms. The van der Waals surface area contributed by atoms with E-state index < -0.39 is 5.97 Å². The summed E-state index contributed by atoms with van der Waals surface area (Å²) in [6, 6.07) is 0.378. The van der Waals surface area contributed by atoms with E-state index in [0.29, 0.717) is 6.54 Å². The van der Waals surface area contributed by atoms with Crippen molar-refractivity contribution < 1.29 is 14.7 Å². The van der Waals surface area contributed by atoms with Crippen molar-refractivity contribution in [1.82, 2.24) is 10.2 Å². The zero-order chi connectivity index (χ0) is 14.1. The van der Waals surface area contributed by atoms with E-state index in [1.807, 2.05) is 32.6 Å². The van der Waals surface area contributed by atoms with E-state index in [2.05, 4.69) is 5.32 Å². The van der Waals surface area contributed by atoms with Gasteiger partial charge in [0.2, 0.25) is 5.91 Å². The molecule has 0 saturated heterocycles. The molecule has 0 aliphatic carbocycles. The summed E-state index contributed by atoms with van der Waals surface area (Å²) < 4.78 is 0. The van der Waals surface area contributed by atoms with Crippen LogP contribution in [0.2, 0.25) is 0 Å². The number of hydrogen-bond acceptors (Lipinski definition) is 3. The third-order valence-corrected chi connectivity index (χ3v) is 3.04. The van der Waals surface area contributed by atoms with Gasteiger partial charge in [-0.1, -0.05) is 13.8 Å². The lowest BCUT2D eigenvalue weighted by molar-refractivity contribution is -0.138. The van der Waals surface area contributed by atoms with Crippen LogP contribution < -0.4 is 5.32 Å². The molecule has 0 spiro atoms. The number of hydrogen-bond donors (Lipinski definition) is 2. The van der Waals surface area contributed by atoms with E-state index in [1.54, 1.807) is 0 Å². The van der Waals surface area contributed by atoms with Crippen molar-refractivity contribution >= 4 is 11.9 Å². The lowest BCUT2D eigenvalue weighted by atomic mass is 10.1. The highest BCUT2D eigenvalue weighted by atomic mass is 16.4. The summed E-state index contributed by atoms with van der Waals surface area (Å²) in [7, 11) is 0. The molecule has 0 aliphatic heterocycles. The normalized spacial score (nSPS) is 11.3. The Balaban J connectivity index is 4.22. The minimum Gasteiger partial charge on any atom is -0.481 e. The Morgan fingerprint density at radius 2 is 1.78 bits per heavy atom. The second-order valence-electron chi connectivity index (χ2n) is 4.79. The first kappa shape index (κ1) is 16.9. The van der Waals surface area contributed by atoms with Gasteiger partial charge in [-0.2, -0.15) is 0 Å². The van der Waals surface area contributed by atoms with E-state index in [1.165, 1.54) is 0 Å². The molecule has 5 nitrogen and oxygen atoms in total. The Bertz CT molecular complexity index is 263. The summed E-state index contributed by atoms with van der Waals surface area (Å²) in [4.78, 5) is 24.3. The summed E-state index contributed by atoms with van der Waals surface area (Å²) in [5.41, 5.74) is 0. The maximum Gasteiger partial charge on any atom is 0.304 e. The molecule has 0 radical (unpaired) electrons. The molecule has 2 N–H and O–H groups in total. The molecule has 0 fully saturated rings.